The number of ether oxygens (including phenoxy) is 2. The summed E-state index contributed by atoms with van der Waals surface area (Å²) in [6.45, 7) is 2.52. The van der Waals surface area contributed by atoms with E-state index < -0.39 is 0 Å². The Hall–Kier alpha value is -2.14. The molecule has 5 heteroatoms. The SMILES string of the molecule is COc1ccc(-c2nc(C)cc(CCN)n2)cc1OC. The van der Waals surface area contributed by atoms with Crippen LogP contribution < -0.4 is 15.2 Å². The zero-order valence-corrected chi connectivity index (χ0v) is 12.0. The quantitative estimate of drug-likeness (QED) is 0.902. The van der Waals surface area contributed by atoms with Gasteiger partial charge in [-0.3, -0.25) is 0 Å². The maximum atomic E-state index is 5.59. The summed E-state index contributed by atoms with van der Waals surface area (Å²) in [5, 5.41) is 0. The first-order valence-electron chi connectivity index (χ1n) is 6.45. The van der Waals surface area contributed by atoms with Crippen molar-refractivity contribution in [3.05, 3.63) is 35.7 Å². The minimum absolute atomic E-state index is 0.571. The molecule has 5 nitrogen and oxygen atoms in total. The lowest BCUT2D eigenvalue weighted by molar-refractivity contribution is 0.355. The minimum Gasteiger partial charge on any atom is -0.493 e. The van der Waals surface area contributed by atoms with Crippen molar-refractivity contribution in [1.29, 1.82) is 0 Å². The summed E-state index contributed by atoms with van der Waals surface area (Å²) in [5.41, 5.74) is 8.35. The molecule has 0 aliphatic rings. The Morgan fingerprint density at radius 3 is 2.45 bits per heavy atom. The van der Waals surface area contributed by atoms with Gasteiger partial charge in [0.15, 0.2) is 17.3 Å². The van der Waals surface area contributed by atoms with E-state index in [1.165, 1.54) is 0 Å². The molecule has 2 rings (SSSR count). The van der Waals surface area contributed by atoms with Crippen molar-refractivity contribution in [2.75, 3.05) is 20.8 Å². The lowest BCUT2D eigenvalue weighted by Crippen LogP contribution is -2.06. The van der Waals surface area contributed by atoms with Crippen LogP contribution in [0.4, 0.5) is 0 Å². The summed E-state index contributed by atoms with van der Waals surface area (Å²) in [6, 6.07) is 7.60. The van der Waals surface area contributed by atoms with Crippen LogP contribution in [0.1, 0.15) is 11.4 Å². The van der Waals surface area contributed by atoms with Crippen molar-refractivity contribution in [3.63, 3.8) is 0 Å². The van der Waals surface area contributed by atoms with E-state index in [0.717, 1.165) is 23.4 Å². The summed E-state index contributed by atoms with van der Waals surface area (Å²) in [7, 11) is 3.22. The van der Waals surface area contributed by atoms with Gasteiger partial charge in [0.25, 0.3) is 0 Å². The van der Waals surface area contributed by atoms with Crippen LogP contribution in [-0.4, -0.2) is 30.7 Å². The van der Waals surface area contributed by atoms with E-state index in [4.69, 9.17) is 15.2 Å². The second-order valence-corrected chi connectivity index (χ2v) is 4.43. The lowest BCUT2D eigenvalue weighted by Gasteiger charge is -2.10. The number of nitrogens with two attached hydrogens (primary N) is 1. The molecular weight excluding hydrogens is 254 g/mol. The van der Waals surface area contributed by atoms with Crippen LogP contribution in [0.25, 0.3) is 11.4 Å². The molecule has 1 heterocycles. The second kappa shape index (κ2) is 6.34. The van der Waals surface area contributed by atoms with E-state index in [0.29, 0.717) is 23.9 Å². The molecule has 0 unspecified atom stereocenters. The summed E-state index contributed by atoms with van der Waals surface area (Å²) < 4.78 is 10.5. The molecule has 0 aliphatic carbocycles. The van der Waals surface area contributed by atoms with Gasteiger partial charge in [-0.15, -0.1) is 0 Å². The summed E-state index contributed by atoms with van der Waals surface area (Å²) >= 11 is 0. The number of aryl methyl sites for hydroxylation is 1. The van der Waals surface area contributed by atoms with E-state index in [1.54, 1.807) is 14.2 Å². The third-order valence-corrected chi connectivity index (χ3v) is 2.95. The fourth-order valence-corrected chi connectivity index (χ4v) is 2.01. The van der Waals surface area contributed by atoms with Gasteiger partial charge in [-0.2, -0.15) is 0 Å². The molecule has 1 aromatic heterocycles. The molecule has 0 radical (unpaired) electrons. The van der Waals surface area contributed by atoms with Crippen LogP contribution in [-0.2, 0) is 6.42 Å². The average Bonchev–Trinajstić information content (AvgIpc) is 2.46. The molecule has 0 atom stereocenters. The Balaban J connectivity index is 2.45. The van der Waals surface area contributed by atoms with Crippen molar-refractivity contribution in [1.82, 2.24) is 9.97 Å². The minimum atomic E-state index is 0.571. The molecule has 106 valence electrons. The molecular formula is C15H19N3O2. The predicted octanol–water partition coefficient (Wildman–Crippen LogP) is 1.97. The normalized spacial score (nSPS) is 10.4. The topological polar surface area (TPSA) is 70.3 Å². The lowest BCUT2D eigenvalue weighted by atomic mass is 10.1. The first-order chi connectivity index (χ1) is 9.67. The standard InChI is InChI=1S/C15H19N3O2/c1-10-8-12(6-7-16)18-15(17-10)11-4-5-13(19-2)14(9-11)20-3/h4-5,8-9H,6-7,16H2,1-3H3. The number of aromatic nitrogens is 2. The maximum absolute atomic E-state index is 5.59. The van der Waals surface area contributed by atoms with E-state index >= 15 is 0 Å². The predicted molar refractivity (Wildman–Crippen MR) is 78.1 cm³/mol. The fourth-order valence-electron chi connectivity index (χ4n) is 2.01. The van der Waals surface area contributed by atoms with E-state index in [9.17, 15) is 0 Å². The van der Waals surface area contributed by atoms with Crippen molar-refractivity contribution in [3.8, 4) is 22.9 Å². The highest BCUT2D eigenvalue weighted by Gasteiger charge is 2.09. The molecule has 0 bridgehead atoms. The van der Waals surface area contributed by atoms with Gasteiger partial charge in [-0.1, -0.05) is 0 Å². The van der Waals surface area contributed by atoms with E-state index in [1.807, 2.05) is 31.2 Å². The molecule has 1 aromatic carbocycles. The molecule has 2 aromatic rings. The van der Waals surface area contributed by atoms with Gasteiger partial charge in [0.1, 0.15) is 0 Å². The number of hydrogen-bond donors (Lipinski definition) is 1. The third-order valence-electron chi connectivity index (χ3n) is 2.95. The van der Waals surface area contributed by atoms with Crippen LogP contribution in [0.15, 0.2) is 24.3 Å². The van der Waals surface area contributed by atoms with E-state index in [2.05, 4.69) is 9.97 Å². The summed E-state index contributed by atoms with van der Waals surface area (Å²) in [5.74, 6) is 2.02. The zero-order valence-electron chi connectivity index (χ0n) is 12.0. The first-order valence-corrected chi connectivity index (χ1v) is 6.45. The molecule has 20 heavy (non-hydrogen) atoms. The van der Waals surface area contributed by atoms with Gasteiger partial charge >= 0.3 is 0 Å². The molecule has 0 saturated heterocycles. The fraction of sp³-hybridized carbons (Fsp3) is 0.333. The summed E-state index contributed by atoms with van der Waals surface area (Å²) in [4.78, 5) is 9.01. The highest BCUT2D eigenvalue weighted by Crippen LogP contribution is 2.31. The second-order valence-electron chi connectivity index (χ2n) is 4.43. The van der Waals surface area contributed by atoms with Crippen molar-refractivity contribution in [2.24, 2.45) is 5.73 Å². The van der Waals surface area contributed by atoms with Crippen LogP contribution >= 0.6 is 0 Å². The molecule has 0 saturated carbocycles. The first kappa shape index (κ1) is 14.3. The number of rotatable bonds is 5. The smallest absolute Gasteiger partial charge is 0.161 e. The number of hydrogen-bond acceptors (Lipinski definition) is 5. The third kappa shape index (κ3) is 3.05. The van der Waals surface area contributed by atoms with Crippen molar-refractivity contribution < 1.29 is 9.47 Å². The highest BCUT2D eigenvalue weighted by molar-refractivity contribution is 5.61. The average molecular weight is 273 g/mol. The number of methoxy groups -OCH3 is 2. The van der Waals surface area contributed by atoms with Crippen molar-refractivity contribution >= 4 is 0 Å². The molecule has 0 fully saturated rings. The number of nitrogens with zero attached hydrogens (tertiary/aromatic N) is 2. The molecule has 0 aliphatic heterocycles. The van der Waals surface area contributed by atoms with Gasteiger partial charge in [-0.05, 0) is 37.7 Å². The van der Waals surface area contributed by atoms with Gasteiger partial charge < -0.3 is 15.2 Å². The Morgan fingerprint density at radius 1 is 1.05 bits per heavy atom. The van der Waals surface area contributed by atoms with Gasteiger partial charge in [-0.25, -0.2) is 9.97 Å². The number of benzene rings is 1. The van der Waals surface area contributed by atoms with E-state index in [-0.39, 0.29) is 0 Å². The summed E-state index contributed by atoms with van der Waals surface area (Å²) in [6.07, 6.45) is 0.740. The van der Waals surface area contributed by atoms with Crippen LogP contribution in [0.3, 0.4) is 0 Å². The molecule has 0 amide bonds. The largest absolute Gasteiger partial charge is 0.493 e. The van der Waals surface area contributed by atoms with Gasteiger partial charge in [0.2, 0.25) is 0 Å². The van der Waals surface area contributed by atoms with Crippen LogP contribution in [0.5, 0.6) is 11.5 Å². The zero-order chi connectivity index (χ0) is 14.5. The Labute approximate surface area is 118 Å². The van der Waals surface area contributed by atoms with Crippen molar-refractivity contribution in [2.45, 2.75) is 13.3 Å². The maximum Gasteiger partial charge on any atom is 0.161 e. The highest BCUT2D eigenvalue weighted by atomic mass is 16.5. The van der Waals surface area contributed by atoms with Crippen LogP contribution in [0.2, 0.25) is 0 Å². The van der Waals surface area contributed by atoms with Gasteiger partial charge in [0.05, 0.1) is 14.2 Å². The van der Waals surface area contributed by atoms with Crippen LogP contribution in [0, 0.1) is 6.92 Å². The Bertz CT molecular complexity index is 600. The monoisotopic (exact) mass is 273 g/mol. The Morgan fingerprint density at radius 2 is 1.80 bits per heavy atom. The van der Waals surface area contributed by atoms with Gasteiger partial charge in [0, 0.05) is 23.4 Å². The molecule has 2 N–H and O–H groups in total. The molecule has 0 spiro atoms. The Kier molecular flexibility index (Phi) is 4.53.